The number of nitrogens with zero attached hydrogens (tertiary/aromatic N) is 2. The summed E-state index contributed by atoms with van der Waals surface area (Å²) in [5.74, 6) is 0. The third-order valence-corrected chi connectivity index (χ3v) is 4.56. The SMILES string of the molecule is C=CCCN(CCC)c1cc(-c2cc(NC)ccc2C)cnc1CC. The first-order valence-electron chi connectivity index (χ1n) is 9.28. The van der Waals surface area contributed by atoms with Crippen LogP contribution in [0.2, 0.25) is 0 Å². The van der Waals surface area contributed by atoms with Crippen molar-refractivity contribution in [1.82, 2.24) is 4.98 Å². The molecular weight excluding hydrogens is 306 g/mol. The molecule has 0 aliphatic carbocycles. The van der Waals surface area contributed by atoms with Crippen molar-refractivity contribution in [3.05, 3.63) is 54.4 Å². The topological polar surface area (TPSA) is 28.2 Å². The number of pyridine rings is 1. The van der Waals surface area contributed by atoms with Crippen molar-refractivity contribution in [2.45, 2.75) is 40.0 Å². The predicted molar refractivity (Wildman–Crippen MR) is 111 cm³/mol. The Balaban J connectivity index is 2.50. The average Bonchev–Trinajstić information content (AvgIpc) is 2.65. The first kappa shape index (κ1) is 19.0. The zero-order chi connectivity index (χ0) is 18.2. The molecule has 1 heterocycles. The number of aromatic nitrogens is 1. The molecule has 0 fully saturated rings. The summed E-state index contributed by atoms with van der Waals surface area (Å²) in [5, 5.41) is 3.23. The zero-order valence-corrected chi connectivity index (χ0v) is 16.1. The quantitative estimate of drug-likeness (QED) is 0.616. The first-order valence-corrected chi connectivity index (χ1v) is 9.28. The standard InChI is InChI=1S/C22H31N3/c1-6-9-13-25(12-7-2)22-14-18(16-24-21(22)8-3)20-15-19(23-5)11-10-17(20)4/h6,10-11,14-16,23H,1,7-9,12-13H2,2-5H3. The number of hydrogen-bond acceptors (Lipinski definition) is 3. The van der Waals surface area contributed by atoms with Crippen LogP contribution in [0.25, 0.3) is 11.1 Å². The summed E-state index contributed by atoms with van der Waals surface area (Å²) >= 11 is 0. The van der Waals surface area contributed by atoms with Gasteiger partial charge in [0.15, 0.2) is 0 Å². The lowest BCUT2D eigenvalue weighted by Crippen LogP contribution is -2.26. The second-order valence-electron chi connectivity index (χ2n) is 6.39. The molecule has 3 nitrogen and oxygen atoms in total. The molecule has 0 bridgehead atoms. The number of aryl methyl sites for hydroxylation is 2. The third kappa shape index (κ3) is 4.62. The van der Waals surface area contributed by atoms with Gasteiger partial charge in [-0.25, -0.2) is 0 Å². The van der Waals surface area contributed by atoms with E-state index in [2.05, 4.69) is 61.8 Å². The summed E-state index contributed by atoms with van der Waals surface area (Å²) in [6, 6.07) is 8.79. The number of hydrogen-bond donors (Lipinski definition) is 1. The van der Waals surface area contributed by atoms with Gasteiger partial charge in [-0.3, -0.25) is 4.98 Å². The van der Waals surface area contributed by atoms with E-state index in [0.29, 0.717) is 0 Å². The van der Waals surface area contributed by atoms with Crippen LogP contribution >= 0.6 is 0 Å². The Kier molecular flexibility index (Phi) is 7.05. The van der Waals surface area contributed by atoms with Crippen LogP contribution in [0.15, 0.2) is 43.1 Å². The molecule has 1 aromatic heterocycles. The van der Waals surface area contributed by atoms with E-state index in [4.69, 9.17) is 4.98 Å². The Bertz CT molecular complexity index is 706. The number of nitrogens with one attached hydrogen (secondary N) is 1. The highest BCUT2D eigenvalue weighted by molar-refractivity contribution is 5.74. The molecule has 134 valence electrons. The van der Waals surface area contributed by atoms with Crippen LogP contribution in [0.1, 0.15) is 37.9 Å². The fourth-order valence-electron chi connectivity index (χ4n) is 3.13. The van der Waals surface area contributed by atoms with Crippen LogP contribution in [0.5, 0.6) is 0 Å². The summed E-state index contributed by atoms with van der Waals surface area (Å²) < 4.78 is 0. The van der Waals surface area contributed by atoms with Gasteiger partial charge in [0.2, 0.25) is 0 Å². The van der Waals surface area contributed by atoms with Gasteiger partial charge in [0, 0.05) is 37.6 Å². The minimum absolute atomic E-state index is 0.944. The fraction of sp³-hybridized carbons (Fsp3) is 0.409. The monoisotopic (exact) mass is 337 g/mol. The van der Waals surface area contributed by atoms with Crippen LogP contribution in [0.4, 0.5) is 11.4 Å². The van der Waals surface area contributed by atoms with Crippen molar-refractivity contribution in [3.63, 3.8) is 0 Å². The Morgan fingerprint density at radius 1 is 1.20 bits per heavy atom. The van der Waals surface area contributed by atoms with Crippen molar-refractivity contribution < 1.29 is 0 Å². The maximum Gasteiger partial charge on any atom is 0.0634 e. The Hall–Kier alpha value is -2.29. The highest BCUT2D eigenvalue weighted by atomic mass is 15.1. The highest BCUT2D eigenvalue weighted by Crippen LogP contribution is 2.31. The fourth-order valence-corrected chi connectivity index (χ4v) is 3.13. The first-order chi connectivity index (χ1) is 12.1. The molecule has 3 heteroatoms. The van der Waals surface area contributed by atoms with E-state index in [1.807, 2.05) is 19.3 Å². The van der Waals surface area contributed by atoms with Crippen LogP contribution in [-0.4, -0.2) is 25.1 Å². The van der Waals surface area contributed by atoms with Gasteiger partial charge in [-0.1, -0.05) is 26.0 Å². The summed E-state index contributed by atoms with van der Waals surface area (Å²) in [4.78, 5) is 7.25. The molecule has 0 saturated carbocycles. The smallest absolute Gasteiger partial charge is 0.0634 e. The molecular formula is C22H31N3. The number of benzene rings is 1. The molecule has 0 atom stereocenters. The highest BCUT2D eigenvalue weighted by Gasteiger charge is 2.13. The molecule has 0 aliphatic heterocycles. The molecule has 1 aromatic carbocycles. The Morgan fingerprint density at radius 2 is 2.00 bits per heavy atom. The molecule has 1 N–H and O–H groups in total. The van der Waals surface area contributed by atoms with Crippen molar-refractivity contribution in [2.75, 3.05) is 30.4 Å². The summed E-state index contributed by atoms with van der Waals surface area (Å²) in [7, 11) is 1.95. The van der Waals surface area contributed by atoms with Crippen molar-refractivity contribution in [1.29, 1.82) is 0 Å². The van der Waals surface area contributed by atoms with Crippen LogP contribution in [-0.2, 0) is 6.42 Å². The lowest BCUT2D eigenvalue weighted by molar-refractivity contribution is 0.756. The summed E-state index contributed by atoms with van der Waals surface area (Å²) in [5.41, 5.74) is 7.24. The molecule has 2 aromatic rings. The minimum atomic E-state index is 0.944. The average molecular weight is 338 g/mol. The van der Waals surface area contributed by atoms with Crippen LogP contribution < -0.4 is 10.2 Å². The van der Waals surface area contributed by atoms with E-state index in [-0.39, 0.29) is 0 Å². The van der Waals surface area contributed by atoms with Gasteiger partial charge in [-0.15, -0.1) is 6.58 Å². The zero-order valence-electron chi connectivity index (χ0n) is 16.1. The van der Waals surface area contributed by atoms with Gasteiger partial charge in [-0.2, -0.15) is 0 Å². The molecule has 0 radical (unpaired) electrons. The molecule has 0 aliphatic rings. The summed E-state index contributed by atoms with van der Waals surface area (Å²) in [6.45, 7) is 12.5. The van der Waals surface area contributed by atoms with Crippen molar-refractivity contribution in [2.24, 2.45) is 0 Å². The van der Waals surface area contributed by atoms with E-state index in [9.17, 15) is 0 Å². The summed E-state index contributed by atoms with van der Waals surface area (Å²) in [6.07, 6.45) is 7.06. The van der Waals surface area contributed by atoms with Crippen molar-refractivity contribution in [3.8, 4) is 11.1 Å². The van der Waals surface area contributed by atoms with E-state index in [1.54, 1.807) is 0 Å². The number of anilines is 2. The second kappa shape index (κ2) is 9.26. The number of rotatable bonds is 9. The van der Waals surface area contributed by atoms with E-state index < -0.39 is 0 Å². The molecule has 2 rings (SSSR count). The molecule has 0 spiro atoms. The Labute approximate surface area is 152 Å². The molecule has 0 saturated heterocycles. The van der Waals surface area contributed by atoms with Gasteiger partial charge < -0.3 is 10.2 Å². The lowest BCUT2D eigenvalue weighted by atomic mass is 10.00. The van der Waals surface area contributed by atoms with E-state index >= 15 is 0 Å². The van der Waals surface area contributed by atoms with Crippen LogP contribution in [0.3, 0.4) is 0 Å². The predicted octanol–water partition coefficient (Wildman–Crippen LogP) is 5.45. The van der Waals surface area contributed by atoms with Gasteiger partial charge >= 0.3 is 0 Å². The van der Waals surface area contributed by atoms with Gasteiger partial charge in [0.05, 0.1) is 11.4 Å². The molecule has 25 heavy (non-hydrogen) atoms. The van der Waals surface area contributed by atoms with E-state index in [0.717, 1.165) is 38.0 Å². The van der Waals surface area contributed by atoms with Crippen LogP contribution in [0, 0.1) is 6.92 Å². The Morgan fingerprint density at radius 3 is 2.64 bits per heavy atom. The maximum atomic E-state index is 4.79. The third-order valence-electron chi connectivity index (χ3n) is 4.56. The minimum Gasteiger partial charge on any atom is -0.388 e. The molecule has 0 amide bonds. The van der Waals surface area contributed by atoms with Gasteiger partial charge in [0.1, 0.15) is 0 Å². The molecule has 0 unspecified atom stereocenters. The maximum absolute atomic E-state index is 4.79. The lowest BCUT2D eigenvalue weighted by Gasteiger charge is -2.26. The van der Waals surface area contributed by atoms with Gasteiger partial charge in [0.25, 0.3) is 0 Å². The van der Waals surface area contributed by atoms with Gasteiger partial charge in [-0.05, 0) is 55.5 Å². The second-order valence-corrected chi connectivity index (χ2v) is 6.39. The van der Waals surface area contributed by atoms with Crippen molar-refractivity contribution >= 4 is 11.4 Å². The normalized spacial score (nSPS) is 10.6. The van der Waals surface area contributed by atoms with E-state index in [1.165, 1.54) is 28.1 Å². The largest absolute Gasteiger partial charge is 0.388 e.